The Morgan fingerprint density at radius 2 is 1.38 bits per heavy atom. The van der Waals surface area contributed by atoms with Crippen LogP contribution in [0.5, 0.6) is 0 Å². The number of imidazole rings is 1. The highest BCUT2D eigenvalue weighted by Gasteiger charge is 2.45. The number of aromatic nitrogens is 3. The fourth-order valence-electron chi connectivity index (χ4n) is 7.62. The van der Waals surface area contributed by atoms with E-state index in [1.54, 1.807) is 13.8 Å². The lowest BCUT2D eigenvalue weighted by Gasteiger charge is -2.39. The second-order valence-corrected chi connectivity index (χ2v) is 10.6. The molecule has 32 heavy (non-hydrogen) atoms. The summed E-state index contributed by atoms with van der Waals surface area (Å²) >= 11 is 0. The molecule has 2 aromatic heterocycles. The van der Waals surface area contributed by atoms with E-state index in [9.17, 15) is 9.59 Å². The summed E-state index contributed by atoms with van der Waals surface area (Å²) in [7, 11) is 0. The molecule has 0 radical (unpaired) electrons. The minimum absolute atomic E-state index is 0.214. The lowest BCUT2D eigenvalue weighted by Crippen LogP contribution is -2.45. The van der Waals surface area contributed by atoms with Crippen LogP contribution in [0.2, 0.25) is 0 Å². The van der Waals surface area contributed by atoms with E-state index in [1.807, 2.05) is 6.92 Å². The third-order valence-corrected chi connectivity index (χ3v) is 8.72. The van der Waals surface area contributed by atoms with Crippen molar-refractivity contribution in [1.82, 2.24) is 24.8 Å². The maximum Gasteiger partial charge on any atom is 0.219 e. The Kier molecular flexibility index (Phi) is 4.60. The molecule has 170 valence electrons. The molecule has 0 spiro atoms. The number of hydrogen-bond acceptors (Lipinski definition) is 4. The normalized spacial score (nSPS) is 33.8. The molecule has 7 heteroatoms. The van der Waals surface area contributed by atoms with Crippen LogP contribution in [-0.2, 0) is 9.59 Å². The van der Waals surface area contributed by atoms with Gasteiger partial charge in [0, 0.05) is 50.1 Å². The molecule has 0 saturated carbocycles. The van der Waals surface area contributed by atoms with E-state index >= 15 is 0 Å². The van der Waals surface area contributed by atoms with Crippen LogP contribution < -0.4 is 0 Å². The molecule has 7 nitrogen and oxygen atoms in total. The lowest BCUT2D eigenvalue weighted by atomic mass is 9.83. The first kappa shape index (κ1) is 20.2. The number of hydrogen-bond donors (Lipinski definition) is 1. The highest BCUT2D eigenvalue weighted by atomic mass is 16.2. The fourth-order valence-corrected chi connectivity index (χ4v) is 7.62. The number of piperidine rings is 2. The van der Waals surface area contributed by atoms with Gasteiger partial charge in [-0.15, -0.1) is 0 Å². The van der Waals surface area contributed by atoms with E-state index in [0.717, 1.165) is 73.9 Å². The number of pyridine rings is 1. The molecular weight excluding hydrogens is 402 g/mol. The van der Waals surface area contributed by atoms with Crippen molar-refractivity contribution in [2.75, 3.05) is 0 Å². The van der Waals surface area contributed by atoms with Gasteiger partial charge in [-0.25, -0.2) is 4.98 Å². The average Bonchev–Trinajstić information content (AvgIpc) is 3.36. The summed E-state index contributed by atoms with van der Waals surface area (Å²) in [4.78, 5) is 42.0. The molecule has 4 saturated heterocycles. The molecule has 6 rings (SSSR count). The molecule has 4 aliphatic rings. The Hall–Kier alpha value is -2.44. The number of nitrogens with one attached hydrogen (secondary N) is 1. The maximum atomic E-state index is 12.1. The summed E-state index contributed by atoms with van der Waals surface area (Å²) in [5.41, 5.74) is 4.56. The van der Waals surface area contributed by atoms with Gasteiger partial charge in [0.25, 0.3) is 0 Å². The number of H-pyrrole nitrogens is 1. The molecular formula is C25H33N5O2. The zero-order valence-electron chi connectivity index (χ0n) is 19.3. The van der Waals surface area contributed by atoms with Crippen LogP contribution in [0.15, 0.2) is 6.20 Å². The SMILES string of the molecule is CC(=O)N1C2CCC1CC(c1ncc(C3CC4CCC(C3)N4C(C)=O)c3[nH]c(C)nc13)C2. The van der Waals surface area contributed by atoms with Crippen molar-refractivity contribution in [2.24, 2.45) is 0 Å². The number of nitrogens with zero attached hydrogens (tertiary/aromatic N) is 4. The van der Waals surface area contributed by atoms with E-state index in [-0.39, 0.29) is 11.8 Å². The molecule has 6 heterocycles. The molecule has 2 aromatic rings. The van der Waals surface area contributed by atoms with Crippen LogP contribution in [0.4, 0.5) is 0 Å². The summed E-state index contributed by atoms with van der Waals surface area (Å²) in [5.74, 6) is 2.15. The molecule has 2 amide bonds. The monoisotopic (exact) mass is 435 g/mol. The molecule has 0 aromatic carbocycles. The summed E-state index contributed by atoms with van der Waals surface area (Å²) in [5, 5.41) is 0. The summed E-state index contributed by atoms with van der Waals surface area (Å²) in [6.07, 6.45) is 10.6. The summed E-state index contributed by atoms with van der Waals surface area (Å²) in [6.45, 7) is 5.44. The third-order valence-electron chi connectivity index (χ3n) is 8.72. The smallest absolute Gasteiger partial charge is 0.219 e. The molecule has 1 N–H and O–H groups in total. The van der Waals surface area contributed by atoms with Gasteiger partial charge in [0.15, 0.2) is 0 Å². The fraction of sp³-hybridized carbons (Fsp3) is 0.680. The van der Waals surface area contributed by atoms with Crippen molar-refractivity contribution in [1.29, 1.82) is 0 Å². The predicted octanol–water partition coefficient (Wildman–Crippen LogP) is 3.78. The van der Waals surface area contributed by atoms with Gasteiger partial charge in [-0.05, 0) is 69.8 Å². The number of carbonyl (C=O) groups excluding carboxylic acids is 2. The minimum Gasteiger partial charge on any atom is -0.342 e. The van der Waals surface area contributed by atoms with Crippen molar-refractivity contribution >= 4 is 22.8 Å². The van der Waals surface area contributed by atoms with Crippen LogP contribution >= 0.6 is 0 Å². The molecule has 4 fully saturated rings. The van der Waals surface area contributed by atoms with Crippen molar-refractivity contribution in [3.8, 4) is 0 Å². The molecule has 4 bridgehead atoms. The van der Waals surface area contributed by atoms with E-state index in [1.165, 1.54) is 5.56 Å². The Labute approximate surface area is 189 Å². The van der Waals surface area contributed by atoms with E-state index in [4.69, 9.17) is 9.97 Å². The predicted molar refractivity (Wildman–Crippen MR) is 121 cm³/mol. The molecule has 4 atom stereocenters. The topological polar surface area (TPSA) is 82.2 Å². The van der Waals surface area contributed by atoms with Crippen molar-refractivity contribution in [2.45, 2.75) is 108 Å². The summed E-state index contributed by atoms with van der Waals surface area (Å²) in [6, 6.07) is 1.42. The van der Waals surface area contributed by atoms with Gasteiger partial charge in [0.2, 0.25) is 11.8 Å². The van der Waals surface area contributed by atoms with Crippen molar-refractivity contribution < 1.29 is 9.59 Å². The zero-order chi connectivity index (χ0) is 22.1. The molecule has 0 aliphatic carbocycles. The quantitative estimate of drug-likeness (QED) is 0.778. The van der Waals surface area contributed by atoms with Gasteiger partial charge < -0.3 is 14.8 Å². The number of amides is 2. The number of carbonyl (C=O) groups is 2. The highest BCUT2D eigenvalue weighted by molar-refractivity contribution is 5.82. The Morgan fingerprint density at radius 3 is 1.88 bits per heavy atom. The van der Waals surface area contributed by atoms with Crippen LogP contribution in [0, 0.1) is 6.92 Å². The van der Waals surface area contributed by atoms with Gasteiger partial charge in [0.05, 0.1) is 11.2 Å². The van der Waals surface area contributed by atoms with E-state index in [0.29, 0.717) is 36.0 Å². The van der Waals surface area contributed by atoms with Crippen LogP contribution in [0.1, 0.15) is 94.1 Å². The number of aromatic amines is 1. The van der Waals surface area contributed by atoms with Gasteiger partial charge in [0.1, 0.15) is 11.3 Å². The maximum absolute atomic E-state index is 12.1. The number of rotatable bonds is 2. The standard InChI is InChI=1S/C25H33N5O2/c1-13-27-24-22(16-8-18-4-5-19(9-16)29(18)14(2)31)12-26-23(25(24)28-13)17-10-20-6-7-21(11-17)30(20)15(3)32/h12,16-21H,4-11H2,1-3H3,(H,27,28). The first-order chi connectivity index (χ1) is 15.4. The van der Waals surface area contributed by atoms with E-state index < -0.39 is 0 Å². The van der Waals surface area contributed by atoms with E-state index in [2.05, 4.69) is 21.0 Å². The Morgan fingerprint density at radius 1 is 0.875 bits per heavy atom. The minimum atomic E-state index is 0.214. The number of fused-ring (bicyclic) bond motifs is 5. The first-order valence-corrected chi connectivity index (χ1v) is 12.3. The second-order valence-electron chi connectivity index (χ2n) is 10.6. The molecule has 4 aliphatic heterocycles. The average molecular weight is 436 g/mol. The highest BCUT2D eigenvalue weighted by Crippen LogP contribution is 2.47. The van der Waals surface area contributed by atoms with Crippen molar-refractivity contribution in [3.05, 3.63) is 23.3 Å². The van der Waals surface area contributed by atoms with Gasteiger partial charge in [-0.3, -0.25) is 14.6 Å². The molecule has 4 unspecified atom stereocenters. The Balaban J connectivity index is 1.33. The third kappa shape index (κ3) is 3.00. The van der Waals surface area contributed by atoms with Gasteiger partial charge in [-0.1, -0.05) is 0 Å². The van der Waals surface area contributed by atoms with Crippen molar-refractivity contribution in [3.63, 3.8) is 0 Å². The van der Waals surface area contributed by atoms with Gasteiger partial charge >= 0.3 is 0 Å². The van der Waals surface area contributed by atoms with Gasteiger partial charge in [-0.2, -0.15) is 0 Å². The summed E-state index contributed by atoms with van der Waals surface area (Å²) < 4.78 is 0. The Bertz CT molecular complexity index is 982. The number of aryl methyl sites for hydroxylation is 1. The zero-order valence-corrected chi connectivity index (χ0v) is 19.3. The van der Waals surface area contributed by atoms with Crippen LogP contribution in [0.25, 0.3) is 11.0 Å². The first-order valence-electron chi connectivity index (χ1n) is 12.3. The van der Waals surface area contributed by atoms with Crippen LogP contribution in [0.3, 0.4) is 0 Å². The second kappa shape index (κ2) is 7.29. The lowest BCUT2D eigenvalue weighted by molar-refractivity contribution is -0.134. The van der Waals surface area contributed by atoms with Crippen LogP contribution in [-0.4, -0.2) is 60.7 Å². The largest absolute Gasteiger partial charge is 0.342 e.